The molecule has 0 saturated heterocycles. The Morgan fingerprint density at radius 1 is 1.43 bits per heavy atom. The smallest absolute Gasteiger partial charge is 0.274 e. The molecule has 14 heavy (non-hydrogen) atoms. The number of hydrogen-bond donors (Lipinski definition) is 1. The number of aryl methyl sites for hydroxylation is 2. The Kier molecular flexibility index (Phi) is 1.77. The highest BCUT2D eigenvalue weighted by molar-refractivity contribution is 5.88. The molecule has 0 fully saturated rings. The van der Waals surface area contributed by atoms with E-state index in [4.69, 9.17) is 0 Å². The second-order valence-electron chi connectivity index (χ2n) is 3.36. The van der Waals surface area contributed by atoms with E-state index >= 15 is 0 Å². The second-order valence-corrected chi connectivity index (χ2v) is 3.36. The summed E-state index contributed by atoms with van der Waals surface area (Å²) in [6, 6.07) is 3.55. The van der Waals surface area contributed by atoms with Gasteiger partial charge in [-0.05, 0) is 25.5 Å². The number of aromatic amines is 1. The van der Waals surface area contributed by atoms with Crippen molar-refractivity contribution in [1.29, 1.82) is 0 Å². The summed E-state index contributed by atoms with van der Waals surface area (Å²) in [5.74, 6) is 0. The maximum Gasteiger partial charge on any atom is 0.274 e. The third kappa shape index (κ3) is 1.08. The largest absolute Gasteiger partial charge is 0.361 e. The van der Waals surface area contributed by atoms with Crippen LogP contribution < -0.4 is 0 Å². The van der Waals surface area contributed by atoms with Gasteiger partial charge in [0.25, 0.3) is 5.69 Å². The minimum Gasteiger partial charge on any atom is -0.361 e. The van der Waals surface area contributed by atoms with E-state index in [2.05, 4.69) is 4.98 Å². The van der Waals surface area contributed by atoms with Crippen LogP contribution in [0.4, 0.5) is 5.69 Å². The molecule has 0 unspecified atom stereocenters. The molecule has 1 N–H and O–H groups in total. The first-order valence-electron chi connectivity index (χ1n) is 4.33. The molecular weight excluding hydrogens is 180 g/mol. The summed E-state index contributed by atoms with van der Waals surface area (Å²) < 4.78 is 0. The maximum atomic E-state index is 10.7. The number of benzene rings is 1. The number of aromatic nitrogens is 1. The second kappa shape index (κ2) is 2.83. The van der Waals surface area contributed by atoms with E-state index in [0.717, 1.165) is 16.5 Å². The van der Waals surface area contributed by atoms with Crippen molar-refractivity contribution < 1.29 is 4.92 Å². The lowest BCUT2D eigenvalue weighted by Gasteiger charge is -2.01. The lowest BCUT2D eigenvalue weighted by Crippen LogP contribution is -1.93. The highest BCUT2D eigenvalue weighted by Crippen LogP contribution is 2.28. The van der Waals surface area contributed by atoms with E-state index in [0.29, 0.717) is 5.56 Å². The molecule has 0 aliphatic carbocycles. The van der Waals surface area contributed by atoms with Crippen molar-refractivity contribution in [2.75, 3.05) is 0 Å². The van der Waals surface area contributed by atoms with Crippen LogP contribution in [0.1, 0.15) is 11.1 Å². The predicted octanol–water partition coefficient (Wildman–Crippen LogP) is 2.69. The average molecular weight is 190 g/mol. The lowest BCUT2D eigenvalue weighted by atomic mass is 10.1. The van der Waals surface area contributed by atoms with E-state index in [9.17, 15) is 10.1 Å². The number of hydrogen-bond acceptors (Lipinski definition) is 2. The van der Waals surface area contributed by atoms with Gasteiger partial charge >= 0.3 is 0 Å². The van der Waals surface area contributed by atoms with E-state index < -0.39 is 0 Å². The maximum absolute atomic E-state index is 10.7. The zero-order valence-corrected chi connectivity index (χ0v) is 8.00. The summed E-state index contributed by atoms with van der Waals surface area (Å²) in [6.07, 6.45) is 1.80. The van der Waals surface area contributed by atoms with E-state index in [1.807, 2.05) is 13.0 Å². The van der Waals surface area contributed by atoms with Crippen molar-refractivity contribution in [3.05, 3.63) is 39.6 Å². The molecule has 1 heterocycles. The van der Waals surface area contributed by atoms with Gasteiger partial charge in [-0.25, -0.2) is 0 Å². The molecule has 4 heteroatoms. The zero-order valence-electron chi connectivity index (χ0n) is 8.00. The molecule has 0 amide bonds. The first-order chi connectivity index (χ1) is 6.61. The Labute approximate surface area is 80.7 Å². The van der Waals surface area contributed by atoms with Crippen LogP contribution in [0, 0.1) is 24.0 Å². The normalized spacial score (nSPS) is 10.7. The Hall–Kier alpha value is -1.84. The first kappa shape index (κ1) is 8.74. The molecule has 4 nitrogen and oxygen atoms in total. The SMILES string of the molecule is Cc1cc([N+](=O)[O-])c(C)c2[nH]ccc12. The van der Waals surface area contributed by atoms with E-state index in [-0.39, 0.29) is 10.6 Å². The molecule has 1 aromatic carbocycles. The number of nitro benzene ring substituents is 1. The fourth-order valence-electron chi connectivity index (χ4n) is 1.72. The molecule has 2 aromatic rings. The Morgan fingerprint density at radius 2 is 2.14 bits per heavy atom. The van der Waals surface area contributed by atoms with E-state index in [1.165, 1.54) is 0 Å². The summed E-state index contributed by atoms with van der Waals surface area (Å²) in [5, 5.41) is 11.8. The molecule has 2 rings (SSSR count). The molecule has 0 aliphatic rings. The number of H-pyrrole nitrogens is 1. The Morgan fingerprint density at radius 3 is 2.79 bits per heavy atom. The van der Waals surface area contributed by atoms with Crippen molar-refractivity contribution in [2.24, 2.45) is 0 Å². The molecule has 0 atom stereocenters. The third-order valence-corrected chi connectivity index (χ3v) is 2.48. The van der Waals surface area contributed by atoms with Gasteiger partial charge in [0.15, 0.2) is 0 Å². The lowest BCUT2D eigenvalue weighted by molar-refractivity contribution is -0.385. The Balaban J connectivity index is 2.88. The summed E-state index contributed by atoms with van der Waals surface area (Å²) in [5.41, 5.74) is 2.66. The van der Waals surface area contributed by atoms with Crippen LogP contribution in [0.2, 0.25) is 0 Å². The highest BCUT2D eigenvalue weighted by Gasteiger charge is 2.15. The topological polar surface area (TPSA) is 58.9 Å². The third-order valence-electron chi connectivity index (χ3n) is 2.48. The van der Waals surface area contributed by atoms with Crippen LogP contribution in [-0.2, 0) is 0 Å². The van der Waals surface area contributed by atoms with Crippen LogP contribution in [0.3, 0.4) is 0 Å². The number of nitrogens with one attached hydrogen (secondary N) is 1. The summed E-state index contributed by atoms with van der Waals surface area (Å²) in [7, 11) is 0. The van der Waals surface area contributed by atoms with Crippen LogP contribution in [0.25, 0.3) is 10.9 Å². The van der Waals surface area contributed by atoms with Crippen LogP contribution >= 0.6 is 0 Å². The summed E-state index contributed by atoms with van der Waals surface area (Å²) in [4.78, 5) is 13.4. The standard InChI is InChI=1S/C10H10N2O2/c1-6-5-9(12(13)14)7(2)10-8(6)3-4-11-10/h3-5,11H,1-2H3. The number of nitrogens with zero attached hydrogens (tertiary/aromatic N) is 1. The van der Waals surface area contributed by atoms with Gasteiger partial charge in [-0.3, -0.25) is 10.1 Å². The highest BCUT2D eigenvalue weighted by atomic mass is 16.6. The molecule has 0 bridgehead atoms. The fraction of sp³-hybridized carbons (Fsp3) is 0.200. The monoisotopic (exact) mass is 190 g/mol. The van der Waals surface area contributed by atoms with Crippen LogP contribution in [0.15, 0.2) is 18.3 Å². The summed E-state index contributed by atoms with van der Waals surface area (Å²) >= 11 is 0. The van der Waals surface area contributed by atoms with Crippen molar-refractivity contribution in [3.63, 3.8) is 0 Å². The van der Waals surface area contributed by atoms with Gasteiger partial charge in [-0.15, -0.1) is 0 Å². The van der Waals surface area contributed by atoms with Crippen molar-refractivity contribution in [1.82, 2.24) is 4.98 Å². The predicted molar refractivity (Wildman–Crippen MR) is 54.4 cm³/mol. The Bertz CT molecular complexity index is 514. The molecule has 0 aliphatic heterocycles. The van der Waals surface area contributed by atoms with Gasteiger partial charge < -0.3 is 4.98 Å². The van der Waals surface area contributed by atoms with Crippen LogP contribution in [0.5, 0.6) is 0 Å². The van der Waals surface area contributed by atoms with Gasteiger partial charge in [-0.1, -0.05) is 0 Å². The minimum absolute atomic E-state index is 0.178. The number of nitro groups is 1. The minimum atomic E-state index is -0.345. The van der Waals surface area contributed by atoms with Crippen LogP contribution in [-0.4, -0.2) is 9.91 Å². The van der Waals surface area contributed by atoms with Gasteiger partial charge in [-0.2, -0.15) is 0 Å². The number of fused-ring (bicyclic) bond motifs is 1. The zero-order chi connectivity index (χ0) is 10.3. The molecule has 0 saturated carbocycles. The first-order valence-corrected chi connectivity index (χ1v) is 4.33. The van der Waals surface area contributed by atoms with Gasteiger partial charge in [0.1, 0.15) is 0 Å². The van der Waals surface area contributed by atoms with Crippen molar-refractivity contribution in [2.45, 2.75) is 13.8 Å². The molecular formula is C10H10N2O2. The van der Waals surface area contributed by atoms with E-state index in [1.54, 1.807) is 19.2 Å². The van der Waals surface area contributed by atoms with Gasteiger partial charge in [0.05, 0.1) is 16.0 Å². The van der Waals surface area contributed by atoms with Gasteiger partial charge in [0, 0.05) is 17.6 Å². The summed E-state index contributed by atoms with van der Waals surface area (Å²) in [6.45, 7) is 3.64. The number of rotatable bonds is 1. The fourth-order valence-corrected chi connectivity index (χ4v) is 1.72. The quantitative estimate of drug-likeness (QED) is 0.555. The molecule has 0 radical (unpaired) electrons. The van der Waals surface area contributed by atoms with Crippen molar-refractivity contribution in [3.8, 4) is 0 Å². The van der Waals surface area contributed by atoms with Crippen molar-refractivity contribution >= 4 is 16.6 Å². The molecule has 0 spiro atoms. The molecule has 72 valence electrons. The molecule has 1 aromatic heterocycles. The average Bonchev–Trinajstić information content (AvgIpc) is 2.59. The van der Waals surface area contributed by atoms with Gasteiger partial charge in [0.2, 0.25) is 0 Å².